The quantitative estimate of drug-likeness (QED) is 0.388. The third-order valence-corrected chi connectivity index (χ3v) is 5.05. The maximum absolute atomic E-state index is 13.5. The zero-order chi connectivity index (χ0) is 24.0. The predicted molar refractivity (Wildman–Crippen MR) is 119 cm³/mol. The second-order valence-electron chi connectivity index (χ2n) is 7.78. The number of esters is 1. The van der Waals surface area contributed by atoms with Crippen LogP contribution in [0.2, 0.25) is 0 Å². The number of carbonyl (C=O) groups excluding carboxylic acids is 1. The van der Waals surface area contributed by atoms with Crippen LogP contribution < -0.4 is 0 Å². The number of hydrogen-bond acceptors (Lipinski definition) is 4. The van der Waals surface area contributed by atoms with Crippen molar-refractivity contribution < 1.29 is 22.7 Å². The fourth-order valence-electron chi connectivity index (χ4n) is 3.16. The van der Waals surface area contributed by atoms with Gasteiger partial charge in [0.1, 0.15) is 17.1 Å². The van der Waals surface area contributed by atoms with Crippen molar-refractivity contribution in [1.82, 2.24) is 9.97 Å². The molecular weight excluding hydrogens is 429 g/mol. The molecule has 3 rings (SSSR count). The van der Waals surface area contributed by atoms with Crippen LogP contribution in [-0.2, 0) is 28.5 Å². The highest BCUT2D eigenvalue weighted by Crippen LogP contribution is 2.30. The van der Waals surface area contributed by atoms with Crippen molar-refractivity contribution in [3.05, 3.63) is 94.1 Å². The first-order chi connectivity index (χ1) is 15.7. The van der Waals surface area contributed by atoms with Crippen LogP contribution in [0.15, 0.2) is 54.7 Å². The van der Waals surface area contributed by atoms with Gasteiger partial charge in [-0.1, -0.05) is 62.2 Å². The second kappa shape index (κ2) is 10.3. The van der Waals surface area contributed by atoms with Crippen LogP contribution in [0.25, 0.3) is 0 Å². The summed E-state index contributed by atoms with van der Waals surface area (Å²) in [5, 5.41) is 0. The van der Waals surface area contributed by atoms with E-state index in [1.54, 1.807) is 24.3 Å². The minimum absolute atomic E-state index is 0.0329. The average molecular weight is 452 g/mol. The van der Waals surface area contributed by atoms with Gasteiger partial charge in [-0.3, -0.25) is 4.79 Å². The summed E-state index contributed by atoms with van der Waals surface area (Å²) in [5.41, 5.74) is 1.65. The lowest BCUT2D eigenvalue weighted by atomic mass is 10.0. The molecule has 4 nitrogen and oxygen atoms in total. The number of methoxy groups -OCH3 is 1. The van der Waals surface area contributed by atoms with Crippen LogP contribution in [0.1, 0.15) is 59.1 Å². The van der Waals surface area contributed by atoms with Crippen molar-refractivity contribution >= 4 is 5.97 Å². The average Bonchev–Trinajstić information content (AvgIpc) is 2.78. The van der Waals surface area contributed by atoms with Gasteiger partial charge in [0.25, 0.3) is 0 Å². The summed E-state index contributed by atoms with van der Waals surface area (Å²) < 4.78 is 45.3. The van der Waals surface area contributed by atoms with E-state index in [1.165, 1.54) is 12.7 Å². The summed E-state index contributed by atoms with van der Waals surface area (Å²) in [5.74, 6) is 5.44. The largest absolute Gasteiger partial charge is 0.469 e. The van der Waals surface area contributed by atoms with Gasteiger partial charge < -0.3 is 4.74 Å². The van der Waals surface area contributed by atoms with E-state index in [1.807, 2.05) is 24.3 Å². The summed E-state index contributed by atoms with van der Waals surface area (Å²) in [6, 6.07) is 14.6. The lowest BCUT2D eigenvalue weighted by molar-refractivity contribution is -0.140. The molecule has 0 N–H and O–H groups in total. The van der Waals surface area contributed by atoms with E-state index in [-0.39, 0.29) is 18.7 Å². The molecule has 1 aromatic heterocycles. The Morgan fingerprint density at radius 3 is 2.39 bits per heavy atom. The second-order valence-corrected chi connectivity index (χ2v) is 7.78. The van der Waals surface area contributed by atoms with Gasteiger partial charge in [0.2, 0.25) is 0 Å². The fourth-order valence-corrected chi connectivity index (χ4v) is 3.16. The first-order valence-electron chi connectivity index (χ1n) is 10.4. The summed E-state index contributed by atoms with van der Waals surface area (Å²) in [6.45, 7) is 4.17. The van der Waals surface area contributed by atoms with Gasteiger partial charge in [-0.15, -0.1) is 0 Å². The molecule has 0 radical (unpaired) electrons. The molecule has 0 atom stereocenters. The first kappa shape index (κ1) is 24.0. The van der Waals surface area contributed by atoms with Gasteiger partial charge >= 0.3 is 12.1 Å². The topological polar surface area (TPSA) is 52.1 Å². The molecule has 7 heteroatoms. The minimum atomic E-state index is -4.65. The number of benzene rings is 2. The highest BCUT2D eigenvalue weighted by molar-refractivity contribution is 5.73. The maximum Gasteiger partial charge on any atom is 0.420 e. The number of aromatic nitrogens is 2. The molecule has 0 aliphatic rings. The lowest BCUT2D eigenvalue weighted by Gasteiger charge is -2.10. The molecule has 0 unspecified atom stereocenters. The van der Waals surface area contributed by atoms with Crippen LogP contribution in [0.5, 0.6) is 0 Å². The maximum atomic E-state index is 13.5. The Kier molecular flexibility index (Phi) is 7.49. The van der Waals surface area contributed by atoms with Crippen LogP contribution in [0.3, 0.4) is 0 Å². The van der Waals surface area contributed by atoms with E-state index in [4.69, 9.17) is 0 Å². The van der Waals surface area contributed by atoms with Crippen molar-refractivity contribution in [2.24, 2.45) is 0 Å². The third-order valence-electron chi connectivity index (χ3n) is 5.05. The minimum Gasteiger partial charge on any atom is -0.469 e. The molecule has 1 heterocycles. The van der Waals surface area contributed by atoms with Gasteiger partial charge in [0, 0.05) is 18.2 Å². The summed E-state index contributed by atoms with van der Waals surface area (Å²) >= 11 is 0. The van der Waals surface area contributed by atoms with E-state index >= 15 is 0 Å². The number of rotatable bonds is 5. The zero-order valence-corrected chi connectivity index (χ0v) is 18.5. The molecule has 0 aliphatic carbocycles. The van der Waals surface area contributed by atoms with E-state index in [0.717, 1.165) is 11.8 Å². The molecular formula is C26H23F3N2O2. The molecule has 3 aromatic rings. The van der Waals surface area contributed by atoms with Gasteiger partial charge in [0.15, 0.2) is 0 Å². The SMILES string of the molecule is COC(=O)Cc1ccccc1C#Cc1nc(Cc2ccc(C(C)C)cc2)ncc1C(F)(F)F. The zero-order valence-electron chi connectivity index (χ0n) is 18.5. The summed E-state index contributed by atoms with van der Waals surface area (Å²) in [6.07, 6.45) is -3.62. The first-order valence-corrected chi connectivity index (χ1v) is 10.4. The van der Waals surface area contributed by atoms with Crippen LogP contribution in [-0.4, -0.2) is 23.0 Å². The molecule has 0 aliphatic heterocycles. The van der Waals surface area contributed by atoms with E-state index in [2.05, 4.69) is 40.4 Å². The standard InChI is InChI=1S/C26H23F3N2O2/c1-17(2)19-10-8-18(9-11-19)14-24-30-16-22(26(27,28)29)23(31-24)13-12-20-6-4-5-7-21(20)15-25(32)33-3/h4-11,16-17H,14-15H2,1-3H3. The Balaban J connectivity index is 1.96. The van der Waals surface area contributed by atoms with Crippen LogP contribution >= 0.6 is 0 Å². The number of ether oxygens (including phenoxy) is 1. The number of hydrogen-bond donors (Lipinski definition) is 0. The van der Waals surface area contributed by atoms with Crippen molar-refractivity contribution in [2.75, 3.05) is 7.11 Å². The molecule has 0 saturated carbocycles. The molecule has 0 spiro atoms. The van der Waals surface area contributed by atoms with Crippen LogP contribution in [0, 0.1) is 11.8 Å². The van der Waals surface area contributed by atoms with Crippen molar-refractivity contribution in [1.29, 1.82) is 0 Å². The monoisotopic (exact) mass is 452 g/mol. The Labute approximate surface area is 190 Å². The molecule has 0 amide bonds. The molecule has 0 bridgehead atoms. The third kappa shape index (κ3) is 6.42. The highest BCUT2D eigenvalue weighted by Gasteiger charge is 2.34. The van der Waals surface area contributed by atoms with Crippen molar-refractivity contribution in [3.63, 3.8) is 0 Å². The van der Waals surface area contributed by atoms with Gasteiger partial charge in [0.05, 0.1) is 13.5 Å². The number of nitrogens with zero attached hydrogens (tertiary/aromatic N) is 2. The van der Waals surface area contributed by atoms with Crippen molar-refractivity contribution in [2.45, 2.75) is 38.8 Å². The van der Waals surface area contributed by atoms with E-state index in [0.29, 0.717) is 17.0 Å². The summed E-state index contributed by atoms with van der Waals surface area (Å²) in [4.78, 5) is 19.7. The number of halogens is 3. The van der Waals surface area contributed by atoms with E-state index in [9.17, 15) is 18.0 Å². The lowest BCUT2D eigenvalue weighted by Crippen LogP contribution is -2.12. The Hall–Kier alpha value is -3.66. The molecule has 33 heavy (non-hydrogen) atoms. The Morgan fingerprint density at radius 1 is 1.06 bits per heavy atom. The normalized spacial score (nSPS) is 11.1. The van der Waals surface area contributed by atoms with Crippen LogP contribution in [0.4, 0.5) is 13.2 Å². The Bertz CT molecular complexity index is 1190. The summed E-state index contributed by atoms with van der Waals surface area (Å²) in [7, 11) is 1.27. The van der Waals surface area contributed by atoms with E-state index < -0.39 is 23.4 Å². The predicted octanol–water partition coefficient (Wildman–Crippen LogP) is 5.32. The molecule has 0 saturated heterocycles. The Morgan fingerprint density at radius 2 is 1.76 bits per heavy atom. The van der Waals surface area contributed by atoms with Crippen molar-refractivity contribution in [3.8, 4) is 11.8 Å². The fraction of sp³-hybridized carbons (Fsp3) is 0.269. The van der Waals surface area contributed by atoms with Gasteiger partial charge in [-0.05, 0) is 34.6 Å². The number of alkyl halides is 3. The highest BCUT2D eigenvalue weighted by atomic mass is 19.4. The molecule has 0 fully saturated rings. The molecule has 170 valence electrons. The number of carbonyl (C=O) groups is 1. The smallest absolute Gasteiger partial charge is 0.420 e. The van der Waals surface area contributed by atoms with Gasteiger partial charge in [-0.25, -0.2) is 9.97 Å². The molecule has 2 aromatic carbocycles. The van der Waals surface area contributed by atoms with Gasteiger partial charge in [-0.2, -0.15) is 13.2 Å².